The van der Waals surface area contributed by atoms with Gasteiger partial charge in [0.1, 0.15) is 4.70 Å². The Labute approximate surface area is 192 Å². The molecular weight excluding hydrogens is 446 g/mol. The second-order valence-corrected chi connectivity index (χ2v) is 9.77. The number of nitrogens with one attached hydrogen (secondary N) is 1. The first-order chi connectivity index (χ1) is 15.5. The Bertz CT molecular complexity index is 1350. The van der Waals surface area contributed by atoms with Gasteiger partial charge in [-0.15, -0.1) is 21.5 Å². The highest BCUT2D eigenvalue weighted by molar-refractivity contribution is 7.99. The molecule has 8 nitrogen and oxygen atoms in total. The second kappa shape index (κ2) is 8.68. The Morgan fingerprint density at radius 2 is 2.09 bits per heavy atom. The third kappa shape index (κ3) is 3.82. The predicted octanol–water partition coefficient (Wildman–Crippen LogP) is 3.63. The van der Waals surface area contributed by atoms with E-state index in [2.05, 4.69) is 15.5 Å². The van der Waals surface area contributed by atoms with Gasteiger partial charge in [0.05, 0.1) is 23.9 Å². The number of thioether (sulfide) groups is 1. The highest BCUT2D eigenvalue weighted by Crippen LogP contribution is 2.26. The highest BCUT2D eigenvalue weighted by Gasteiger charge is 2.23. The van der Waals surface area contributed by atoms with E-state index in [4.69, 9.17) is 4.74 Å². The molecule has 1 saturated heterocycles. The molecule has 10 heteroatoms. The minimum Gasteiger partial charge on any atom is -0.376 e. The van der Waals surface area contributed by atoms with Crippen molar-refractivity contribution >= 4 is 50.7 Å². The molecule has 1 aromatic carbocycles. The fourth-order valence-electron chi connectivity index (χ4n) is 4.07. The lowest BCUT2D eigenvalue weighted by Gasteiger charge is -2.13. The van der Waals surface area contributed by atoms with Gasteiger partial charge in [0.25, 0.3) is 5.56 Å². The van der Waals surface area contributed by atoms with Crippen LogP contribution in [0.5, 0.6) is 0 Å². The van der Waals surface area contributed by atoms with Gasteiger partial charge in [-0.1, -0.05) is 30.0 Å². The summed E-state index contributed by atoms with van der Waals surface area (Å²) < 4.78 is 9.92. The van der Waals surface area contributed by atoms with Crippen LogP contribution in [0, 0.1) is 13.8 Å². The van der Waals surface area contributed by atoms with E-state index in [-0.39, 0.29) is 23.3 Å². The number of fused-ring (bicyclic) bond motifs is 3. The van der Waals surface area contributed by atoms with Gasteiger partial charge in [0.2, 0.25) is 11.7 Å². The number of aromatic nitrogens is 4. The van der Waals surface area contributed by atoms with E-state index in [0.29, 0.717) is 22.2 Å². The first-order valence-electron chi connectivity index (χ1n) is 10.5. The van der Waals surface area contributed by atoms with Crippen molar-refractivity contribution in [1.82, 2.24) is 19.2 Å². The van der Waals surface area contributed by atoms with E-state index in [1.54, 1.807) is 4.57 Å². The monoisotopic (exact) mass is 469 g/mol. The summed E-state index contributed by atoms with van der Waals surface area (Å²) in [7, 11) is 0. The number of carbonyl (C=O) groups excluding carboxylic acids is 1. The van der Waals surface area contributed by atoms with E-state index >= 15 is 0 Å². The Hall–Kier alpha value is -2.69. The van der Waals surface area contributed by atoms with Crippen molar-refractivity contribution < 1.29 is 9.53 Å². The van der Waals surface area contributed by atoms with E-state index in [1.165, 1.54) is 23.1 Å². The minimum atomic E-state index is -0.113. The fourth-order valence-corrected chi connectivity index (χ4v) is 5.63. The molecule has 4 heterocycles. The number of anilines is 1. The molecule has 0 saturated carbocycles. The van der Waals surface area contributed by atoms with Crippen LogP contribution in [-0.2, 0) is 16.1 Å². The number of amides is 1. The number of hydrogen-bond acceptors (Lipinski definition) is 7. The van der Waals surface area contributed by atoms with Crippen LogP contribution in [0.2, 0.25) is 0 Å². The topological polar surface area (TPSA) is 90.5 Å². The van der Waals surface area contributed by atoms with Crippen LogP contribution < -0.4 is 10.9 Å². The second-order valence-electron chi connectivity index (χ2n) is 7.91. The lowest BCUT2D eigenvalue weighted by Crippen LogP contribution is -2.28. The van der Waals surface area contributed by atoms with E-state index < -0.39 is 0 Å². The molecule has 0 unspecified atom stereocenters. The summed E-state index contributed by atoms with van der Waals surface area (Å²) in [5.41, 5.74) is 3.58. The van der Waals surface area contributed by atoms with E-state index in [1.807, 2.05) is 47.9 Å². The number of ether oxygens (including phenoxy) is 1. The zero-order valence-electron chi connectivity index (χ0n) is 17.8. The van der Waals surface area contributed by atoms with Crippen LogP contribution in [0.3, 0.4) is 0 Å². The van der Waals surface area contributed by atoms with Crippen molar-refractivity contribution in [2.75, 3.05) is 17.7 Å². The van der Waals surface area contributed by atoms with E-state index in [9.17, 15) is 9.59 Å². The standard InChI is InChI=1S/C22H23N5O3S2/c1-13-5-3-6-14(2)18(13)23-17(28)12-32-22-25-24-21-26(11-15-7-4-9-30-15)20(29)19-16(27(21)22)8-10-31-19/h3,5-6,8,10,15H,4,7,9,11-12H2,1-2H3,(H,23,28)/t15-/m0/s1. The molecule has 0 bridgehead atoms. The van der Waals surface area contributed by atoms with Gasteiger partial charge in [0.15, 0.2) is 5.16 Å². The third-order valence-electron chi connectivity index (χ3n) is 5.67. The van der Waals surface area contributed by atoms with Crippen LogP contribution in [0.15, 0.2) is 39.6 Å². The molecule has 32 heavy (non-hydrogen) atoms. The zero-order chi connectivity index (χ0) is 22.2. The molecule has 0 spiro atoms. The Morgan fingerprint density at radius 1 is 1.28 bits per heavy atom. The first-order valence-corrected chi connectivity index (χ1v) is 12.3. The maximum Gasteiger partial charge on any atom is 0.272 e. The van der Waals surface area contributed by atoms with Gasteiger partial charge >= 0.3 is 0 Å². The third-order valence-corrected chi connectivity index (χ3v) is 7.49. The van der Waals surface area contributed by atoms with Crippen LogP contribution in [0.4, 0.5) is 5.69 Å². The molecule has 1 amide bonds. The Balaban J connectivity index is 1.44. The van der Waals surface area contributed by atoms with Gasteiger partial charge in [-0.25, -0.2) is 0 Å². The van der Waals surface area contributed by atoms with Crippen LogP contribution in [-0.4, -0.2) is 43.5 Å². The minimum absolute atomic E-state index is 0.00449. The van der Waals surface area contributed by atoms with Crippen molar-refractivity contribution in [2.24, 2.45) is 0 Å². The molecule has 166 valence electrons. The number of benzene rings is 1. The number of thiophene rings is 1. The number of para-hydroxylation sites is 1. The number of rotatable bonds is 6. The molecule has 5 rings (SSSR count). The summed E-state index contributed by atoms with van der Waals surface area (Å²) in [5, 5.41) is 14.1. The summed E-state index contributed by atoms with van der Waals surface area (Å²) in [6.45, 7) is 5.12. The van der Waals surface area contributed by atoms with Crippen LogP contribution in [0.25, 0.3) is 16.0 Å². The predicted molar refractivity (Wildman–Crippen MR) is 127 cm³/mol. The molecule has 1 aliphatic heterocycles. The SMILES string of the molecule is Cc1cccc(C)c1NC(=O)CSc1nnc2n(C[C@@H]3CCCO3)c(=O)c3sccc3n12. The molecule has 1 atom stereocenters. The van der Waals surface area contributed by atoms with Crippen molar-refractivity contribution in [3.8, 4) is 0 Å². The summed E-state index contributed by atoms with van der Waals surface area (Å²) in [6.07, 6.45) is 1.93. The van der Waals surface area contributed by atoms with Gasteiger partial charge in [-0.05, 0) is 49.3 Å². The maximum absolute atomic E-state index is 13.1. The van der Waals surface area contributed by atoms with Crippen molar-refractivity contribution in [3.05, 3.63) is 51.1 Å². The number of carbonyl (C=O) groups is 1. The Morgan fingerprint density at radius 3 is 2.84 bits per heavy atom. The van der Waals surface area contributed by atoms with Crippen LogP contribution >= 0.6 is 23.1 Å². The van der Waals surface area contributed by atoms with Crippen molar-refractivity contribution in [1.29, 1.82) is 0 Å². The molecule has 3 aromatic heterocycles. The number of hydrogen-bond donors (Lipinski definition) is 1. The lowest BCUT2D eigenvalue weighted by atomic mass is 10.1. The van der Waals surface area contributed by atoms with Gasteiger partial charge < -0.3 is 10.1 Å². The zero-order valence-corrected chi connectivity index (χ0v) is 19.5. The van der Waals surface area contributed by atoms with Crippen molar-refractivity contribution in [3.63, 3.8) is 0 Å². The summed E-state index contributed by atoms with van der Waals surface area (Å²) >= 11 is 2.71. The number of aryl methyl sites for hydroxylation is 2. The average molecular weight is 470 g/mol. The summed E-state index contributed by atoms with van der Waals surface area (Å²) in [4.78, 5) is 25.8. The van der Waals surface area contributed by atoms with E-state index in [0.717, 1.165) is 41.8 Å². The lowest BCUT2D eigenvalue weighted by molar-refractivity contribution is -0.113. The van der Waals surface area contributed by atoms with Gasteiger partial charge in [0, 0.05) is 12.3 Å². The fraction of sp³-hybridized carbons (Fsp3) is 0.364. The smallest absolute Gasteiger partial charge is 0.272 e. The molecule has 4 aromatic rings. The quantitative estimate of drug-likeness (QED) is 0.434. The van der Waals surface area contributed by atoms with Gasteiger partial charge in [-0.2, -0.15) is 0 Å². The number of nitrogens with zero attached hydrogens (tertiary/aromatic N) is 4. The van der Waals surface area contributed by atoms with Crippen LogP contribution in [0.1, 0.15) is 24.0 Å². The Kier molecular flexibility index (Phi) is 5.75. The summed E-state index contributed by atoms with van der Waals surface area (Å²) in [6, 6.07) is 7.82. The molecule has 1 N–H and O–H groups in total. The summed E-state index contributed by atoms with van der Waals surface area (Å²) in [5.74, 6) is 0.554. The van der Waals surface area contributed by atoms with Gasteiger partial charge in [-0.3, -0.25) is 18.6 Å². The molecule has 1 aliphatic rings. The first kappa shape index (κ1) is 21.2. The molecular formula is C22H23N5O3S2. The van der Waals surface area contributed by atoms with Crippen molar-refractivity contribution in [2.45, 2.75) is 44.5 Å². The maximum atomic E-state index is 13.1. The highest BCUT2D eigenvalue weighted by atomic mass is 32.2. The normalized spacial score (nSPS) is 16.2. The average Bonchev–Trinajstić information content (AvgIpc) is 3.52. The molecule has 1 fully saturated rings. The largest absolute Gasteiger partial charge is 0.376 e. The molecule has 0 aliphatic carbocycles. The molecule has 0 radical (unpaired) electrons.